The zero-order valence-corrected chi connectivity index (χ0v) is 14.2. The van der Waals surface area contributed by atoms with E-state index in [0.717, 1.165) is 13.1 Å². The second-order valence-corrected chi connectivity index (χ2v) is 5.39. The van der Waals surface area contributed by atoms with E-state index >= 15 is 0 Å². The van der Waals surface area contributed by atoms with Crippen LogP contribution in [0.5, 0.6) is 11.5 Å². The van der Waals surface area contributed by atoms with Crippen LogP contribution in [0, 0.1) is 0 Å². The SMILES string of the molecule is COc1ccc(NC(=O)c2cnc(N3CCOCC3)nc2)c(OC)c1. The van der Waals surface area contributed by atoms with Crippen molar-refractivity contribution in [1.82, 2.24) is 9.97 Å². The van der Waals surface area contributed by atoms with Gasteiger partial charge in [0, 0.05) is 31.5 Å². The van der Waals surface area contributed by atoms with Crippen LogP contribution < -0.4 is 19.7 Å². The second-order valence-electron chi connectivity index (χ2n) is 5.39. The van der Waals surface area contributed by atoms with E-state index in [2.05, 4.69) is 15.3 Å². The van der Waals surface area contributed by atoms with Crippen LogP contribution in [0.4, 0.5) is 11.6 Å². The first-order chi connectivity index (χ1) is 12.2. The van der Waals surface area contributed by atoms with E-state index in [1.165, 1.54) is 19.5 Å². The molecule has 8 heteroatoms. The van der Waals surface area contributed by atoms with Crippen LogP contribution in [0.3, 0.4) is 0 Å². The quantitative estimate of drug-likeness (QED) is 0.881. The minimum absolute atomic E-state index is 0.308. The molecule has 25 heavy (non-hydrogen) atoms. The van der Waals surface area contributed by atoms with Crippen molar-refractivity contribution in [2.45, 2.75) is 0 Å². The molecule has 2 heterocycles. The number of methoxy groups -OCH3 is 2. The fraction of sp³-hybridized carbons (Fsp3) is 0.353. The summed E-state index contributed by atoms with van der Waals surface area (Å²) in [5, 5.41) is 2.79. The van der Waals surface area contributed by atoms with Crippen molar-refractivity contribution in [3.63, 3.8) is 0 Å². The number of morpholine rings is 1. The van der Waals surface area contributed by atoms with Crippen LogP contribution >= 0.6 is 0 Å². The van der Waals surface area contributed by atoms with Crippen LogP contribution in [0.2, 0.25) is 0 Å². The summed E-state index contributed by atoms with van der Waals surface area (Å²) in [5.74, 6) is 1.45. The van der Waals surface area contributed by atoms with Crippen LogP contribution in [0.1, 0.15) is 10.4 Å². The van der Waals surface area contributed by atoms with Gasteiger partial charge in [0.1, 0.15) is 11.5 Å². The fourth-order valence-corrected chi connectivity index (χ4v) is 2.46. The standard InChI is InChI=1S/C17H20N4O4/c1-23-13-3-4-14(15(9-13)24-2)20-16(22)12-10-18-17(19-11-12)21-5-7-25-8-6-21/h3-4,9-11H,5-8H2,1-2H3,(H,20,22). The van der Waals surface area contributed by atoms with Gasteiger partial charge in [0.2, 0.25) is 5.95 Å². The highest BCUT2D eigenvalue weighted by molar-refractivity contribution is 6.04. The number of nitrogens with zero attached hydrogens (tertiary/aromatic N) is 3. The van der Waals surface area contributed by atoms with Gasteiger partial charge in [-0.3, -0.25) is 4.79 Å². The van der Waals surface area contributed by atoms with Crippen molar-refractivity contribution in [2.75, 3.05) is 50.7 Å². The Hall–Kier alpha value is -2.87. The topological polar surface area (TPSA) is 85.8 Å². The first-order valence-electron chi connectivity index (χ1n) is 7.89. The fourth-order valence-electron chi connectivity index (χ4n) is 2.46. The first kappa shape index (κ1) is 17.0. The molecule has 0 bridgehead atoms. The lowest BCUT2D eigenvalue weighted by molar-refractivity contribution is 0.102. The molecular weight excluding hydrogens is 324 g/mol. The maximum absolute atomic E-state index is 12.4. The number of carbonyl (C=O) groups excluding carboxylic acids is 1. The van der Waals surface area contributed by atoms with Crippen molar-refractivity contribution in [2.24, 2.45) is 0 Å². The molecule has 1 fully saturated rings. The van der Waals surface area contributed by atoms with E-state index in [1.807, 2.05) is 4.90 Å². The summed E-state index contributed by atoms with van der Waals surface area (Å²) >= 11 is 0. The monoisotopic (exact) mass is 344 g/mol. The van der Waals surface area contributed by atoms with Gasteiger partial charge in [-0.2, -0.15) is 0 Å². The van der Waals surface area contributed by atoms with E-state index < -0.39 is 0 Å². The molecule has 0 saturated carbocycles. The minimum atomic E-state index is -0.308. The molecule has 2 aromatic rings. The van der Waals surface area contributed by atoms with E-state index in [4.69, 9.17) is 14.2 Å². The Balaban J connectivity index is 1.71. The molecule has 1 aliphatic heterocycles. The molecule has 0 unspecified atom stereocenters. The van der Waals surface area contributed by atoms with Crippen molar-refractivity contribution in [1.29, 1.82) is 0 Å². The highest BCUT2D eigenvalue weighted by atomic mass is 16.5. The first-order valence-corrected chi connectivity index (χ1v) is 7.89. The number of amides is 1. The smallest absolute Gasteiger partial charge is 0.258 e. The Kier molecular flexibility index (Phi) is 5.30. The van der Waals surface area contributed by atoms with Gasteiger partial charge in [-0.25, -0.2) is 9.97 Å². The van der Waals surface area contributed by atoms with Gasteiger partial charge in [0.25, 0.3) is 5.91 Å². The Morgan fingerprint density at radius 1 is 1.16 bits per heavy atom. The lowest BCUT2D eigenvalue weighted by Crippen LogP contribution is -2.37. The number of hydrogen-bond donors (Lipinski definition) is 1. The summed E-state index contributed by atoms with van der Waals surface area (Å²) in [4.78, 5) is 23.0. The average Bonchev–Trinajstić information content (AvgIpc) is 2.69. The van der Waals surface area contributed by atoms with Gasteiger partial charge < -0.3 is 24.4 Å². The highest BCUT2D eigenvalue weighted by Crippen LogP contribution is 2.29. The molecule has 0 radical (unpaired) electrons. The molecule has 8 nitrogen and oxygen atoms in total. The molecule has 1 aliphatic rings. The van der Waals surface area contributed by atoms with Gasteiger partial charge in [0.05, 0.1) is 38.7 Å². The summed E-state index contributed by atoms with van der Waals surface area (Å²) in [6.07, 6.45) is 3.03. The van der Waals surface area contributed by atoms with Crippen LogP contribution in [0.25, 0.3) is 0 Å². The number of ether oxygens (including phenoxy) is 3. The summed E-state index contributed by atoms with van der Waals surface area (Å²) in [5.41, 5.74) is 0.917. The number of hydrogen-bond acceptors (Lipinski definition) is 7. The molecule has 1 aromatic heterocycles. The lowest BCUT2D eigenvalue weighted by atomic mass is 10.2. The summed E-state index contributed by atoms with van der Waals surface area (Å²) < 4.78 is 15.7. The molecule has 0 atom stereocenters. The van der Waals surface area contributed by atoms with Crippen molar-refractivity contribution in [3.05, 3.63) is 36.2 Å². The van der Waals surface area contributed by atoms with Gasteiger partial charge >= 0.3 is 0 Å². The Morgan fingerprint density at radius 3 is 2.52 bits per heavy atom. The molecule has 0 spiro atoms. The van der Waals surface area contributed by atoms with E-state index in [9.17, 15) is 4.79 Å². The molecule has 0 aliphatic carbocycles. The zero-order valence-electron chi connectivity index (χ0n) is 14.2. The largest absolute Gasteiger partial charge is 0.497 e. The van der Waals surface area contributed by atoms with Crippen molar-refractivity contribution >= 4 is 17.5 Å². The minimum Gasteiger partial charge on any atom is -0.497 e. The molecule has 1 N–H and O–H groups in total. The number of rotatable bonds is 5. The molecule has 132 valence electrons. The number of benzene rings is 1. The van der Waals surface area contributed by atoms with Crippen LogP contribution in [-0.2, 0) is 4.74 Å². The second kappa shape index (κ2) is 7.80. The highest BCUT2D eigenvalue weighted by Gasteiger charge is 2.16. The third kappa shape index (κ3) is 3.97. The third-order valence-electron chi connectivity index (χ3n) is 3.85. The predicted molar refractivity (Wildman–Crippen MR) is 92.6 cm³/mol. The van der Waals surface area contributed by atoms with Crippen molar-refractivity contribution < 1.29 is 19.0 Å². The lowest BCUT2D eigenvalue weighted by Gasteiger charge is -2.26. The van der Waals surface area contributed by atoms with Gasteiger partial charge in [-0.1, -0.05) is 0 Å². The van der Waals surface area contributed by atoms with E-state index in [1.54, 1.807) is 25.3 Å². The predicted octanol–water partition coefficient (Wildman–Crippen LogP) is 1.58. The Labute approximate surface area is 145 Å². The third-order valence-corrected chi connectivity index (χ3v) is 3.85. The average molecular weight is 344 g/mol. The van der Waals surface area contributed by atoms with Crippen molar-refractivity contribution in [3.8, 4) is 11.5 Å². The zero-order chi connectivity index (χ0) is 17.6. The number of carbonyl (C=O) groups is 1. The molecule has 1 amide bonds. The van der Waals surface area contributed by atoms with E-state index in [-0.39, 0.29) is 5.91 Å². The Morgan fingerprint density at radius 2 is 1.88 bits per heavy atom. The molecular formula is C17H20N4O4. The van der Waals surface area contributed by atoms with Gasteiger partial charge in [-0.15, -0.1) is 0 Å². The maximum Gasteiger partial charge on any atom is 0.258 e. The number of anilines is 2. The van der Waals surface area contributed by atoms with E-state index in [0.29, 0.717) is 41.9 Å². The molecule has 3 rings (SSSR count). The summed E-state index contributed by atoms with van der Waals surface area (Å²) in [6, 6.07) is 5.17. The normalized spacial score (nSPS) is 14.1. The number of nitrogens with one attached hydrogen (secondary N) is 1. The number of aromatic nitrogens is 2. The molecule has 1 saturated heterocycles. The Bertz CT molecular complexity index is 730. The molecule has 1 aromatic carbocycles. The maximum atomic E-state index is 12.4. The van der Waals surface area contributed by atoms with Crippen LogP contribution in [0.15, 0.2) is 30.6 Å². The summed E-state index contributed by atoms with van der Waals surface area (Å²) in [7, 11) is 3.10. The van der Waals surface area contributed by atoms with Crippen LogP contribution in [-0.4, -0.2) is 56.4 Å². The van der Waals surface area contributed by atoms with Gasteiger partial charge in [0.15, 0.2) is 0 Å². The summed E-state index contributed by atoms with van der Waals surface area (Å²) in [6.45, 7) is 2.80. The van der Waals surface area contributed by atoms with Gasteiger partial charge in [-0.05, 0) is 12.1 Å².